The fourth-order valence-corrected chi connectivity index (χ4v) is 1.59. The summed E-state index contributed by atoms with van der Waals surface area (Å²) in [6, 6.07) is -0.554. The third-order valence-electron chi connectivity index (χ3n) is 2.37. The zero-order valence-corrected chi connectivity index (χ0v) is 8.05. The first-order valence-corrected chi connectivity index (χ1v) is 4.50. The van der Waals surface area contributed by atoms with Crippen molar-refractivity contribution in [3.8, 4) is 0 Å². The monoisotopic (exact) mass is 212 g/mol. The molecule has 2 atom stereocenters. The van der Waals surface area contributed by atoms with Crippen molar-refractivity contribution >= 4 is 0 Å². The standard InChI is InChI=1S/C8H15F3N2O/c1-13(5-8(9,10)11)7-4-14-3-2-6(7)12/h6-7H,2-5,12H2,1H3. The van der Waals surface area contributed by atoms with E-state index in [1.165, 1.54) is 11.9 Å². The summed E-state index contributed by atoms with van der Waals surface area (Å²) in [7, 11) is 1.42. The van der Waals surface area contributed by atoms with E-state index in [1.807, 2.05) is 0 Å². The zero-order chi connectivity index (χ0) is 10.8. The highest BCUT2D eigenvalue weighted by atomic mass is 19.4. The van der Waals surface area contributed by atoms with Gasteiger partial charge in [-0.25, -0.2) is 0 Å². The van der Waals surface area contributed by atoms with Crippen LogP contribution < -0.4 is 5.73 Å². The van der Waals surface area contributed by atoms with Crippen molar-refractivity contribution in [3.05, 3.63) is 0 Å². The Morgan fingerprint density at radius 1 is 1.50 bits per heavy atom. The fraction of sp³-hybridized carbons (Fsp3) is 1.00. The Balaban J connectivity index is 2.46. The molecule has 6 heteroatoms. The number of hydrogen-bond donors (Lipinski definition) is 1. The minimum Gasteiger partial charge on any atom is -0.380 e. The molecule has 1 fully saturated rings. The second-order valence-electron chi connectivity index (χ2n) is 3.63. The number of rotatable bonds is 2. The van der Waals surface area contributed by atoms with E-state index in [4.69, 9.17) is 10.5 Å². The van der Waals surface area contributed by atoms with Crippen molar-refractivity contribution < 1.29 is 17.9 Å². The number of alkyl halides is 3. The molecule has 1 saturated heterocycles. The molecule has 0 amide bonds. The molecule has 84 valence electrons. The largest absolute Gasteiger partial charge is 0.401 e. The molecule has 2 N–H and O–H groups in total. The lowest BCUT2D eigenvalue weighted by Crippen LogP contribution is -2.54. The number of halogens is 3. The van der Waals surface area contributed by atoms with Gasteiger partial charge in [0.25, 0.3) is 0 Å². The van der Waals surface area contributed by atoms with Crippen molar-refractivity contribution in [2.24, 2.45) is 5.73 Å². The molecule has 3 nitrogen and oxygen atoms in total. The molecule has 0 saturated carbocycles. The number of hydrogen-bond acceptors (Lipinski definition) is 3. The lowest BCUT2D eigenvalue weighted by atomic mass is 10.0. The lowest BCUT2D eigenvalue weighted by molar-refractivity contribution is -0.153. The van der Waals surface area contributed by atoms with Gasteiger partial charge in [0.05, 0.1) is 13.2 Å². The zero-order valence-electron chi connectivity index (χ0n) is 8.05. The van der Waals surface area contributed by atoms with Crippen LogP contribution >= 0.6 is 0 Å². The van der Waals surface area contributed by atoms with Gasteiger partial charge in [0, 0.05) is 18.7 Å². The van der Waals surface area contributed by atoms with Crippen LogP contribution in [0.1, 0.15) is 6.42 Å². The molecule has 1 heterocycles. The van der Waals surface area contributed by atoms with Crippen molar-refractivity contribution in [3.63, 3.8) is 0 Å². The SMILES string of the molecule is CN(CC(F)(F)F)C1COCCC1N. The summed E-state index contributed by atoms with van der Waals surface area (Å²) in [5, 5.41) is 0. The van der Waals surface area contributed by atoms with E-state index in [1.54, 1.807) is 0 Å². The molecule has 1 rings (SSSR count). The Kier molecular flexibility index (Phi) is 3.74. The number of ether oxygens (including phenoxy) is 1. The van der Waals surface area contributed by atoms with Crippen LogP contribution in [0.2, 0.25) is 0 Å². The third kappa shape index (κ3) is 3.43. The summed E-state index contributed by atoms with van der Waals surface area (Å²) in [4.78, 5) is 1.21. The molecule has 2 unspecified atom stereocenters. The van der Waals surface area contributed by atoms with Crippen molar-refractivity contribution in [2.45, 2.75) is 24.7 Å². The second kappa shape index (κ2) is 4.46. The van der Waals surface area contributed by atoms with Gasteiger partial charge in [-0.1, -0.05) is 0 Å². The Morgan fingerprint density at radius 2 is 2.14 bits per heavy atom. The summed E-state index contributed by atoms with van der Waals surface area (Å²) in [5.74, 6) is 0. The van der Waals surface area contributed by atoms with E-state index in [0.29, 0.717) is 13.0 Å². The van der Waals surface area contributed by atoms with Crippen LogP contribution in [0, 0.1) is 0 Å². The Hall–Kier alpha value is -0.330. The number of nitrogens with two attached hydrogens (primary N) is 1. The Morgan fingerprint density at radius 3 is 2.64 bits per heavy atom. The van der Waals surface area contributed by atoms with Crippen molar-refractivity contribution in [2.75, 3.05) is 26.8 Å². The van der Waals surface area contributed by atoms with Crippen molar-refractivity contribution in [1.82, 2.24) is 4.90 Å². The van der Waals surface area contributed by atoms with Crippen LogP contribution in [0.25, 0.3) is 0 Å². The normalized spacial score (nSPS) is 29.6. The molecule has 0 bridgehead atoms. The van der Waals surface area contributed by atoms with E-state index >= 15 is 0 Å². The maximum absolute atomic E-state index is 12.1. The average molecular weight is 212 g/mol. The van der Waals surface area contributed by atoms with Gasteiger partial charge in [-0.15, -0.1) is 0 Å². The minimum atomic E-state index is -4.17. The van der Waals surface area contributed by atoms with Crippen LogP contribution in [0.4, 0.5) is 13.2 Å². The first-order chi connectivity index (χ1) is 6.40. The molecule has 14 heavy (non-hydrogen) atoms. The van der Waals surface area contributed by atoms with Crippen LogP contribution in [0.3, 0.4) is 0 Å². The van der Waals surface area contributed by atoms with E-state index < -0.39 is 12.7 Å². The van der Waals surface area contributed by atoms with Gasteiger partial charge in [0.2, 0.25) is 0 Å². The molecule has 1 aliphatic rings. The quantitative estimate of drug-likeness (QED) is 0.728. The first kappa shape index (κ1) is 11.7. The molecule has 1 aliphatic heterocycles. The molecular weight excluding hydrogens is 197 g/mol. The van der Waals surface area contributed by atoms with Crippen LogP contribution in [0.5, 0.6) is 0 Å². The summed E-state index contributed by atoms with van der Waals surface area (Å²) < 4.78 is 41.3. The predicted octanol–water partition coefficient (Wildman–Crippen LogP) is 0.597. The first-order valence-electron chi connectivity index (χ1n) is 4.50. The second-order valence-corrected chi connectivity index (χ2v) is 3.63. The van der Waals surface area contributed by atoms with E-state index in [2.05, 4.69) is 0 Å². The Labute approximate surface area is 81.0 Å². The highest BCUT2D eigenvalue weighted by Crippen LogP contribution is 2.19. The molecule has 0 aromatic rings. The van der Waals surface area contributed by atoms with E-state index in [-0.39, 0.29) is 18.7 Å². The van der Waals surface area contributed by atoms with Gasteiger partial charge in [0.1, 0.15) is 0 Å². The van der Waals surface area contributed by atoms with Gasteiger partial charge in [-0.05, 0) is 13.5 Å². The van der Waals surface area contributed by atoms with Gasteiger partial charge in [0.15, 0.2) is 0 Å². The highest BCUT2D eigenvalue weighted by Gasteiger charge is 2.34. The van der Waals surface area contributed by atoms with Crippen molar-refractivity contribution in [1.29, 1.82) is 0 Å². The Bertz CT molecular complexity index is 186. The van der Waals surface area contributed by atoms with E-state index in [9.17, 15) is 13.2 Å². The fourth-order valence-electron chi connectivity index (χ4n) is 1.59. The number of likely N-dealkylation sites (N-methyl/N-ethyl adjacent to an activating group) is 1. The van der Waals surface area contributed by atoms with Crippen LogP contribution in [0.15, 0.2) is 0 Å². The summed E-state index contributed by atoms with van der Waals surface area (Å²) in [6.07, 6.45) is -3.56. The van der Waals surface area contributed by atoms with Crippen LogP contribution in [-0.4, -0.2) is 50.0 Å². The van der Waals surface area contributed by atoms with Gasteiger partial charge in [-0.2, -0.15) is 13.2 Å². The highest BCUT2D eigenvalue weighted by molar-refractivity contribution is 4.84. The van der Waals surface area contributed by atoms with Gasteiger partial charge in [-0.3, -0.25) is 4.90 Å². The lowest BCUT2D eigenvalue weighted by Gasteiger charge is -2.36. The average Bonchev–Trinajstić information content (AvgIpc) is 2.01. The molecule has 0 aliphatic carbocycles. The summed E-state index contributed by atoms with van der Waals surface area (Å²) >= 11 is 0. The third-order valence-corrected chi connectivity index (χ3v) is 2.37. The molecule has 0 radical (unpaired) electrons. The predicted molar refractivity (Wildman–Crippen MR) is 45.9 cm³/mol. The van der Waals surface area contributed by atoms with E-state index in [0.717, 1.165) is 0 Å². The van der Waals surface area contributed by atoms with Gasteiger partial charge >= 0.3 is 6.18 Å². The maximum atomic E-state index is 12.1. The molecule has 0 spiro atoms. The number of nitrogens with zero attached hydrogens (tertiary/aromatic N) is 1. The molecule has 0 aromatic heterocycles. The smallest absolute Gasteiger partial charge is 0.380 e. The molecule has 0 aromatic carbocycles. The maximum Gasteiger partial charge on any atom is 0.401 e. The van der Waals surface area contributed by atoms with Crippen LogP contribution in [-0.2, 0) is 4.74 Å². The summed E-state index contributed by atoms with van der Waals surface area (Å²) in [6.45, 7) is -0.111. The summed E-state index contributed by atoms with van der Waals surface area (Å²) in [5.41, 5.74) is 5.71. The van der Waals surface area contributed by atoms with Gasteiger partial charge < -0.3 is 10.5 Å². The minimum absolute atomic E-state index is 0.226. The topological polar surface area (TPSA) is 38.5 Å². The molecular formula is C8H15F3N2O.